The van der Waals surface area contributed by atoms with Crippen molar-refractivity contribution in [3.63, 3.8) is 0 Å². The van der Waals surface area contributed by atoms with Crippen LogP contribution in [0.3, 0.4) is 0 Å². The highest BCUT2D eigenvalue weighted by Crippen LogP contribution is 2.36. The van der Waals surface area contributed by atoms with Gasteiger partial charge in [-0.05, 0) is 56.6 Å². The second-order valence-corrected chi connectivity index (χ2v) is 6.72. The molecule has 19 heavy (non-hydrogen) atoms. The van der Waals surface area contributed by atoms with Gasteiger partial charge in [0.05, 0.1) is 0 Å². The molecule has 2 bridgehead atoms. The zero-order valence-corrected chi connectivity index (χ0v) is 11.9. The molecule has 2 fully saturated rings. The third kappa shape index (κ3) is 2.06. The molecular formula is C17H24N2. The zero-order chi connectivity index (χ0) is 12.8. The van der Waals surface area contributed by atoms with Crippen LogP contribution in [0, 0.1) is 12.8 Å². The first kappa shape index (κ1) is 11.8. The van der Waals surface area contributed by atoms with Gasteiger partial charge in [-0.25, -0.2) is 0 Å². The van der Waals surface area contributed by atoms with Crippen LogP contribution in [0.15, 0.2) is 18.2 Å². The van der Waals surface area contributed by atoms with Gasteiger partial charge in [-0.1, -0.05) is 17.7 Å². The fraction of sp³-hybridized carbons (Fsp3) is 0.647. The highest BCUT2D eigenvalue weighted by molar-refractivity contribution is 5.56. The number of hydrogen-bond acceptors (Lipinski definition) is 2. The van der Waals surface area contributed by atoms with E-state index in [4.69, 9.17) is 0 Å². The molecule has 4 rings (SSSR count). The van der Waals surface area contributed by atoms with Crippen molar-refractivity contribution in [3.8, 4) is 0 Å². The van der Waals surface area contributed by atoms with E-state index in [-0.39, 0.29) is 0 Å². The molecule has 0 amide bonds. The first-order valence-electron chi connectivity index (χ1n) is 7.90. The van der Waals surface area contributed by atoms with Crippen LogP contribution in [-0.4, -0.2) is 25.2 Å². The van der Waals surface area contributed by atoms with E-state index in [1.807, 2.05) is 0 Å². The quantitative estimate of drug-likeness (QED) is 0.875. The Bertz CT molecular complexity index is 482. The van der Waals surface area contributed by atoms with E-state index in [1.165, 1.54) is 56.4 Å². The SMILES string of the molecule is Cc1ccc2c(c1)CCCN2CC1CC2CCC1N2. The first-order valence-corrected chi connectivity index (χ1v) is 7.90. The van der Waals surface area contributed by atoms with Crippen molar-refractivity contribution < 1.29 is 0 Å². The van der Waals surface area contributed by atoms with E-state index in [0.29, 0.717) is 0 Å². The molecule has 0 radical (unpaired) electrons. The van der Waals surface area contributed by atoms with Crippen molar-refractivity contribution in [3.05, 3.63) is 29.3 Å². The lowest BCUT2D eigenvalue weighted by atomic mass is 9.88. The highest BCUT2D eigenvalue weighted by atomic mass is 15.2. The minimum absolute atomic E-state index is 0.806. The van der Waals surface area contributed by atoms with Crippen molar-refractivity contribution in [2.75, 3.05) is 18.0 Å². The molecule has 3 atom stereocenters. The van der Waals surface area contributed by atoms with Gasteiger partial charge < -0.3 is 10.2 Å². The molecular weight excluding hydrogens is 232 g/mol. The monoisotopic (exact) mass is 256 g/mol. The summed E-state index contributed by atoms with van der Waals surface area (Å²) in [4.78, 5) is 2.66. The van der Waals surface area contributed by atoms with Gasteiger partial charge in [-0.2, -0.15) is 0 Å². The van der Waals surface area contributed by atoms with Crippen LogP contribution in [0.5, 0.6) is 0 Å². The zero-order valence-electron chi connectivity index (χ0n) is 11.9. The molecule has 0 aromatic heterocycles. The van der Waals surface area contributed by atoms with Crippen molar-refractivity contribution in [2.45, 2.75) is 51.1 Å². The summed E-state index contributed by atoms with van der Waals surface area (Å²) in [7, 11) is 0. The van der Waals surface area contributed by atoms with Crippen LogP contribution in [0.4, 0.5) is 5.69 Å². The van der Waals surface area contributed by atoms with Crippen molar-refractivity contribution >= 4 is 5.69 Å². The predicted molar refractivity (Wildman–Crippen MR) is 79.8 cm³/mol. The normalized spacial score (nSPS) is 32.7. The molecule has 0 aliphatic carbocycles. The number of anilines is 1. The summed E-state index contributed by atoms with van der Waals surface area (Å²) in [6, 6.07) is 8.65. The number of nitrogens with one attached hydrogen (secondary N) is 1. The van der Waals surface area contributed by atoms with Crippen molar-refractivity contribution in [1.29, 1.82) is 0 Å². The third-order valence-corrected chi connectivity index (χ3v) is 5.34. The fourth-order valence-corrected chi connectivity index (χ4v) is 4.42. The summed E-state index contributed by atoms with van der Waals surface area (Å²) in [6.07, 6.45) is 6.82. The average Bonchev–Trinajstić information content (AvgIpc) is 3.01. The Morgan fingerprint density at radius 2 is 2.26 bits per heavy atom. The molecule has 2 nitrogen and oxygen atoms in total. The molecule has 3 unspecified atom stereocenters. The second kappa shape index (κ2) is 4.52. The van der Waals surface area contributed by atoms with Crippen LogP contribution in [-0.2, 0) is 6.42 Å². The van der Waals surface area contributed by atoms with E-state index in [0.717, 1.165) is 18.0 Å². The Kier molecular flexibility index (Phi) is 2.80. The molecule has 1 aromatic carbocycles. The molecule has 2 saturated heterocycles. The molecule has 0 saturated carbocycles. The molecule has 1 N–H and O–H groups in total. The summed E-state index contributed by atoms with van der Waals surface area (Å²) in [5.41, 5.74) is 4.49. The van der Waals surface area contributed by atoms with Gasteiger partial charge in [0.15, 0.2) is 0 Å². The predicted octanol–water partition coefficient (Wildman–Crippen LogP) is 2.89. The summed E-state index contributed by atoms with van der Waals surface area (Å²) in [5, 5.41) is 3.77. The van der Waals surface area contributed by atoms with Crippen molar-refractivity contribution in [2.24, 2.45) is 5.92 Å². The summed E-state index contributed by atoms with van der Waals surface area (Å²) in [6.45, 7) is 4.73. The number of fused-ring (bicyclic) bond motifs is 3. The van der Waals surface area contributed by atoms with E-state index >= 15 is 0 Å². The summed E-state index contributed by atoms with van der Waals surface area (Å²) >= 11 is 0. The molecule has 3 aliphatic rings. The first-order chi connectivity index (χ1) is 9.29. The van der Waals surface area contributed by atoms with Crippen LogP contribution in [0.1, 0.15) is 36.8 Å². The molecule has 2 heteroatoms. The Balaban J connectivity index is 1.54. The summed E-state index contributed by atoms with van der Waals surface area (Å²) in [5.74, 6) is 0.881. The maximum atomic E-state index is 3.77. The van der Waals surface area contributed by atoms with Gasteiger partial charge in [0.2, 0.25) is 0 Å². The molecule has 1 aromatic rings. The number of hydrogen-bond donors (Lipinski definition) is 1. The smallest absolute Gasteiger partial charge is 0.0399 e. The molecule has 3 aliphatic heterocycles. The number of nitrogens with zero attached hydrogens (tertiary/aromatic N) is 1. The van der Waals surface area contributed by atoms with E-state index in [1.54, 1.807) is 5.56 Å². The van der Waals surface area contributed by atoms with Gasteiger partial charge in [0.25, 0.3) is 0 Å². The molecule has 102 valence electrons. The number of aryl methyl sites for hydroxylation is 2. The second-order valence-electron chi connectivity index (χ2n) is 6.72. The average molecular weight is 256 g/mol. The van der Waals surface area contributed by atoms with E-state index in [9.17, 15) is 0 Å². The van der Waals surface area contributed by atoms with Crippen molar-refractivity contribution in [1.82, 2.24) is 5.32 Å². The van der Waals surface area contributed by atoms with Crippen LogP contribution in [0.25, 0.3) is 0 Å². The van der Waals surface area contributed by atoms with E-state index < -0.39 is 0 Å². The highest BCUT2D eigenvalue weighted by Gasteiger charge is 2.39. The van der Waals surface area contributed by atoms with E-state index in [2.05, 4.69) is 35.3 Å². The lowest BCUT2D eigenvalue weighted by Gasteiger charge is -2.35. The van der Waals surface area contributed by atoms with Gasteiger partial charge in [-0.3, -0.25) is 0 Å². The number of rotatable bonds is 2. The Hall–Kier alpha value is -1.02. The van der Waals surface area contributed by atoms with Gasteiger partial charge >= 0.3 is 0 Å². The standard InChI is InChI=1S/C17H24N2/c1-12-4-7-17-13(9-12)3-2-8-19(17)11-14-10-15-5-6-16(14)18-15/h4,7,9,14-16,18H,2-3,5-6,8,10-11H2,1H3. The lowest BCUT2D eigenvalue weighted by Crippen LogP contribution is -2.38. The maximum absolute atomic E-state index is 3.77. The molecule has 3 heterocycles. The minimum atomic E-state index is 0.806. The minimum Gasteiger partial charge on any atom is -0.371 e. The largest absolute Gasteiger partial charge is 0.371 e. The Morgan fingerprint density at radius 1 is 1.32 bits per heavy atom. The Labute approximate surface area is 116 Å². The Morgan fingerprint density at radius 3 is 3.05 bits per heavy atom. The van der Waals surface area contributed by atoms with Crippen LogP contribution < -0.4 is 10.2 Å². The lowest BCUT2D eigenvalue weighted by molar-refractivity contribution is 0.401. The van der Waals surface area contributed by atoms with Gasteiger partial charge in [0, 0.05) is 30.9 Å². The molecule has 0 spiro atoms. The topological polar surface area (TPSA) is 15.3 Å². The van der Waals surface area contributed by atoms with Crippen LogP contribution >= 0.6 is 0 Å². The number of benzene rings is 1. The third-order valence-electron chi connectivity index (χ3n) is 5.34. The van der Waals surface area contributed by atoms with Gasteiger partial charge in [0.1, 0.15) is 0 Å². The summed E-state index contributed by atoms with van der Waals surface area (Å²) < 4.78 is 0. The fourth-order valence-electron chi connectivity index (χ4n) is 4.42. The van der Waals surface area contributed by atoms with Gasteiger partial charge in [-0.15, -0.1) is 0 Å². The van der Waals surface area contributed by atoms with Crippen LogP contribution in [0.2, 0.25) is 0 Å². The maximum Gasteiger partial charge on any atom is 0.0399 e.